The summed E-state index contributed by atoms with van der Waals surface area (Å²) in [6.45, 7) is 1.46. The van der Waals surface area contributed by atoms with Crippen molar-refractivity contribution in [3.8, 4) is 0 Å². The Labute approximate surface area is 102 Å². The zero-order valence-corrected chi connectivity index (χ0v) is 11.2. The van der Waals surface area contributed by atoms with Gasteiger partial charge in [-0.15, -0.1) is 0 Å². The van der Waals surface area contributed by atoms with Gasteiger partial charge in [-0.1, -0.05) is 0 Å². The van der Waals surface area contributed by atoms with Crippen LogP contribution in [-0.4, -0.2) is 45.9 Å². The summed E-state index contributed by atoms with van der Waals surface area (Å²) in [5, 5.41) is 5.28. The Hall–Kier alpha value is -0.920. The third kappa shape index (κ3) is 5.81. The number of guanidine groups is 1. The molecule has 0 aromatic rings. The highest BCUT2D eigenvalue weighted by molar-refractivity contribution is 7.89. The predicted octanol–water partition coefficient (Wildman–Crippen LogP) is -1.23. The fourth-order valence-electron chi connectivity index (χ4n) is 1.32. The summed E-state index contributed by atoms with van der Waals surface area (Å²) in [6, 6.07) is -0.0657. The molecule has 0 bridgehead atoms. The zero-order valence-electron chi connectivity index (χ0n) is 9.26. The normalized spacial score (nSPS) is 21.1. The van der Waals surface area contributed by atoms with E-state index in [0.29, 0.717) is 6.54 Å². The average molecular weight is 282 g/mol. The smallest absolute Gasteiger partial charge is 0.416 e. The molecule has 1 rings (SSSR count). The largest absolute Gasteiger partial charge is 0.435 e. The van der Waals surface area contributed by atoms with E-state index in [0.717, 1.165) is 19.2 Å². The first-order valence-electron chi connectivity index (χ1n) is 4.85. The highest BCUT2D eigenvalue weighted by Gasteiger charge is 2.17. The minimum absolute atomic E-state index is 0.0657. The van der Waals surface area contributed by atoms with Gasteiger partial charge in [0, 0.05) is 6.54 Å². The van der Waals surface area contributed by atoms with Gasteiger partial charge >= 0.3 is 6.09 Å². The first kappa shape index (κ1) is 14.1. The van der Waals surface area contributed by atoms with Crippen LogP contribution in [0.5, 0.6) is 0 Å². The number of carbonyl (C=O) groups excluding carboxylic acids is 1. The maximum Gasteiger partial charge on any atom is 0.416 e. The van der Waals surface area contributed by atoms with E-state index < -0.39 is 16.1 Å². The Morgan fingerprint density at radius 3 is 2.76 bits per heavy atom. The first-order chi connectivity index (χ1) is 7.90. The fourth-order valence-corrected chi connectivity index (χ4v) is 1.83. The topological polar surface area (TPSA) is 109 Å². The molecule has 0 aromatic heterocycles. The quantitative estimate of drug-likeness (QED) is 0.334. The van der Waals surface area contributed by atoms with Crippen LogP contribution in [0.25, 0.3) is 0 Å². The van der Waals surface area contributed by atoms with Crippen LogP contribution in [0.1, 0.15) is 6.42 Å². The molecule has 10 heteroatoms. The van der Waals surface area contributed by atoms with E-state index >= 15 is 0 Å². The molecule has 0 spiro atoms. The molecule has 0 aromatic carbocycles. The van der Waals surface area contributed by atoms with Gasteiger partial charge < -0.3 is 9.84 Å². The molecule has 0 aliphatic carbocycles. The molecule has 1 heterocycles. The summed E-state index contributed by atoms with van der Waals surface area (Å²) in [4.78, 5) is 15.1. The van der Waals surface area contributed by atoms with Crippen LogP contribution < -0.4 is 15.4 Å². The summed E-state index contributed by atoms with van der Waals surface area (Å²) >= 11 is 0. The molecule has 1 aliphatic rings. The molecule has 0 saturated carbocycles. The van der Waals surface area contributed by atoms with Gasteiger partial charge in [0.15, 0.2) is 0 Å². The highest BCUT2D eigenvalue weighted by atomic mass is 32.2. The molecule has 3 N–H and O–H groups in total. The van der Waals surface area contributed by atoms with Crippen molar-refractivity contribution in [2.75, 3.05) is 19.3 Å². The van der Waals surface area contributed by atoms with E-state index in [-0.39, 0.29) is 12.0 Å². The van der Waals surface area contributed by atoms with Gasteiger partial charge in [0.25, 0.3) is 0 Å². The maximum atomic E-state index is 11.1. The van der Waals surface area contributed by atoms with Gasteiger partial charge in [0.2, 0.25) is 16.0 Å². The molecule has 98 valence electrons. The second-order valence-corrected chi connectivity index (χ2v) is 5.51. The number of nitrogens with zero attached hydrogens (tertiary/aromatic N) is 1. The molecular formula is C7H15N4O4PS. The minimum Gasteiger partial charge on any atom is -0.435 e. The van der Waals surface area contributed by atoms with Crippen molar-refractivity contribution in [3.05, 3.63) is 0 Å². The SMILES string of the molecule is CS(=O)(=O)NC(=N[C@H]1CCNC1)NC(=O)OP. The highest BCUT2D eigenvalue weighted by Crippen LogP contribution is 2.02. The number of hydrogen-bond donors (Lipinski definition) is 3. The summed E-state index contributed by atoms with van der Waals surface area (Å²) in [5.41, 5.74) is 0. The molecule has 2 atom stereocenters. The Kier molecular flexibility index (Phi) is 5.10. The van der Waals surface area contributed by atoms with Crippen molar-refractivity contribution in [3.63, 3.8) is 0 Å². The Morgan fingerprint density at radius 2 is 2.29 bits per heavy atom. The van der Waals surface area contributed by atoms with E-state index in [2.05, 4.69) is 24.9 Å². The van der Waals surface area contributed by atoms with Crippen LogP contribution in [0.15, 0.2) is 4.99 Å². The van der Waals surface area contributed by atoms with Crippen LogP contribution in [0.4, 0.5) is 4.79 Å². The second kappa shape index (κ2) is 6.13. The Bertz CT molecular complexity index is 404. The number of nitrogens with one attached hydrogen (secondary N) is 3. The maximum absolute atomic E-state index is 11.1. The number of aliphatic imine (C=N–C) groups is 1. The lowest BCUT2D eigenvalue weighted by molar-refractivity contribution is 0.213. The molecule has 0 radical (unpaired) electrons. The fraction of sp³-hybridized carbons (Fsp3) is 0.714. The zero-order chi connectivity index (χ0) is 12.9. The lowest BCUT2D eigenvalue weighted by atomic mass is 10.3. The third-order valence-corrected chi connectivity index (χ3v) is 2.73. The average Bonchev–Trinajstić information content (AvgIpc) is 2.67. The predicted molar refractivity (Wildman–Crippen MR) is 66.0 cm³/mol. The van der Waals surface area contributed by atoms with E-state index in [4.69, 9.17) is 0 Å². The Balaban J connectivity index is 2.73. The monoisotopic (exact) mass is 282 g/mol. The van der Waals surface area contributed by atoms with E-state index in [9.17, 15) is 13.2 Å². The lowest BCUT2D eigenvalue weighted by Crippen LogP contribution is -2.43. The van der Waals surface area contributed by atoms with Gasteiger partial charge in [0.05, 0.1) is 21.8 Å². The van der Waals surface area contributed by atoms with Gasteiger partial charge in [-0.25, -0.2) is 18.2 Å². The number of carbonyl (C=O) groups is 1. The van der Waals surface area contributed by atoms with Gasteiger partial charge in [-0.2, -0.15) is 0 Å². The molecule has 1 aliphatic heterocycles. The van der Waals surface area contributed by atoms with E-state index in [1.165, 1.54) is 0 Å². The molecule has 8 nitrogen and oxygen atoms in total. The van der Waals surface area contributed by atoms with E-state index in [1.807, 2.05) is 0 Å². The molecule has 1 fully saturated rings. The Morgan fingerprint density at radius 1 is 1.59 bits per heavy atom. The minimum atomic E-state index is -3.50. The standard InChI is InChI=1S/C7H15N4O4PS/c1-17(13,14)11-6(10-7(12)15-16)9-5-2-3-8-4-5/h5,8H,2-4,16H2,1H3,(H2,9,10,11,12)/t5-/m0/s1. The van der Waals surface area contributed by atoms with Crippen LogP contribution in [-0.2, 0) is 14.5 Å². The van der Waals surface area contributed by atoms with Crippen LogP contribution in [0, 0.1) is 0 Å². The summed E-state index contributed by atoms with van der Waals surface area (Å²) in [7, 11) is -1.74. The van der Waals surface area contributed by atoms with Crippen LogP contribution in [0.3, 0.4) is 0 Å². The number of sulfonamides is 1. The second-order valence-electron chi connectivity index (χ2n) is 3.53. The van der Waals surface area contributed by atoms with Crippen molar-refractivity contribution in [2.45, 2.75) is 12.5 Å². The van der Waals surface area contributed by atoms with Crippen molar-refractivity contribution < 1.29 is 17.7 Å². The summed E-state index contributed by atoms with van der Waals surface area (Å²) in [5.74, 6) is -0.131. The van der Waals surface area contributed by atoms with Crippen LogP contribution >= 0.6 is 9.47 Å². The molecular weight excluding hydrogens is 267 g/mol. The van der Waals surface area contributed by atoms with Crippen molar-refractivity contribution in [1.82, 2.24) is 15.4 Å². The van der Waals surface area contributed by atoms with Crippen LogP contribution in [0.2, 0.25) is 0 Å². The van der Waals surface area contributed by atoms with E-state index in [1.54, 1.807) is 9.47 Å². The molecule has 17 heavy (non-hydrogen) atoms. The molecule has 1 saturated heterocycles. The third-order valence-electron chi connectivity index (χ3n) is 1.96. The number of hydrogen-bond acceptors (Lipinski definition) is 6. The number of rotatable bonds is 2. The van der Waals surface area contributed by atoms with Gasteiger partial charge in [0.1, 0.15) is 0 Å². The van der Waals surface area contributed by atoms with Crippen molar-refractivity contribution in [2.24, 2.45) is 4.99 Å². The molecule has 1 unspecified atom stereocenters. The van der Waals surface area contributed by atoms with Gasteiger partial charge in [-0.05, 0) is 13.0 Å². The first-order valence-corrected chi connectivity index (χ1v) is 7.21. The summed E-state index contributed by atoms with van der Waals surface area (Å²) < 4.78 is 28.6. The number of amides is 1. The van der Waals surface area contributed by atoms with Gasteiger partial charge in [-0.3, -0.25) is 10.0 Å². The molecule has 1 amide bonds. The lowest BCUT2D eigenvalue weighted by Gasteiger charge is -2.11. The van der Waals surface area contributed by atoms with Crippen molar-refractivity contribution >= 4 is 31.5 Å². The summed E-state index contributed by atoms with van der Waals surface area (Å²) in [6.07, 6.45) is 0.950. The van der Waals surface area contributed by atoms with Crippen molar-refractivity contribution in [1.29, 1.82) is 0 Å².